The summed E-state index contributed by atoms with van der Waals surface area (Å²) in [5.41, 5.74) is 9.23. The molecule has 8 rings (SSSR count). The van der Waals surface area contributed by atoms with Gasteiger partial charge in [-0.15, -0.1) is 0 Å². The van der Waals surface area contributed by atoms with E-state index in [0.717, 1.165) is 17.0 Å². The zero-order valence-corrected chi connectivity index (χ0v) is 22.3. The summed E-state index contributed by atoms with van der Waals surface area (Å²) in [5, 5.41) is 11.7. The van der Waals surface area contributed by atoms with Crippen molar-refractivity contribution < 1.29 is 4.52 Å². The van der Waals surface area contributed by atoms with Crippen LogP contribution in [0, 0.1) is 13.8 Å². The molecule has 0 saturated heterocycles. The third kappa shape index (κ3) is 3.21. The van der Waals surface area contributed by atoms with Crippen LogP contribution in [0.2, 0.25) is 0 Å². The van der Waals surface area contributed by atoms with E-state index in [-0.39, 0.29) is 0 Å². The molecule has 3 nitrogen and oxygen atoms in total. The number of hydrogen-bond acceptors (Lipinski definition) is 2. The maximum atomic E-state index is 5.64. The number of aryl methyl sites for hydroxylation is 2. The van der Waals surface area contributed by atoms with Gasteiger partial charge >= 0.3 is 0 Å². The van der Waals surface area contributed by atoms with Crippen LogP contribution in [0.1, 0.15) is 11.5 Å². The van der Waals surface area contributed by atoms with Gasteiger partial charge in [-0.25, -0.2) is 0 Å². The highest BCUT2D eigenvalue weighted by Crippen LogP contribution is 2.46. The molecule has 0 saturated carbocycles. The van der Waals surface area contributed by atoms with Gasteiger partial charge in [-0.2, -0.15) is 0 Å². The molecule has 0 amide bonds. The fraction of sp³-hybridized carbons (Fsp3) is 0.0541. The number of para-hydroxylation sites is 2. The van der Waals surface area contributed by atoms with Crippen LogP contribution < -0.4 is 0 Å². The first-order chi connectivity index (χ1) is 19.7. The molecule has 0 aliphatic carbocycles. The van der Waals surface area contributed by atoms with Crippen molar-refractivity contribution in [2.75, 3.05) is 0 Å². The molecule has 0 spiro atoms. The molecule has 8 aromatic rings. The summed E-state index contributed by atoms with van der Waals surface area (Å²) in [6.07, 6.45) is 0. The smallest absolute Gasteiger partial charge is 0.141 e. The highest BCUT2D eigenvalue weighted by molar-refractivity contribution is 6.22. The van der Waals surface area contributed by atoms with Crippen molar-refractivity contribution in [3.8, 4) is 27.9 Å². The van der Waals surface area contributed by atoms with Crippen molar-refractivity contribution in [2.24, 2.45) is 0 Å². The second-order valence-corrected chi connectivity index (χ2v) is 10.5. The average molecular weight is 515 g/mol. The van der Waals surface area contributed by atoms with Crippen LogP contribution >= 0.6 is 0 Å². The van der Waals surface area contributed by atoms with Gasteiger partial charge in [0.15, 0.2) is 0 Å². The fourth-order valence-electron chi connectivity index (χ4n) is 6.53. The van der Waals surface area contributed by atoms with Crippen molar-refractivity contribution in [1.29, 1.82) is 0 Å². The zero-order valence-electron chi connectivity index (χ0n) is 22.3. The number of fused-ring (bicyclic) bond motifs is 5. The minimum atomic E-state index is 0.843. The second-order valence-electron chi connectivity index (χ2n) is 10.5. The largest absolute Gasteiger partial charge is 0.361 e. The van der Waals surface area contributed by atoms with Crippen molar-refractivity contribution >= 4 is 43.4 Å². The average Bonchev–Trinajstić information content (AvgIpc) is 3.51. The zero-order chi connectivity index (χ0) is 26.8. The van der Waals surface area contributed by atoms with Gasteiger partial charge < -0.3 is 9.09 Å². The summed E-state index contributed by atoms with van der Waals surface area (Å²) in [6, 6.07) is 43.7. The predicted octanol–water partition coefficient (Wildman–Crippen LogP) is 10.0. The van der Waals surface area contributed by atoms with Crippen LogP contribution in [0.5, 0.6) is 0 Å². The lowest BCUT2D eigenvalue weighted by atomic mass is 9.85. The monoisotopic (exact) mass is 514 g/mol. The van der Waals surface area contributed by atoms with Crippen LogP contribution in [0.3, 0.4) is 0 Å². The minimum Gasteiger partial charge on any atom is -0.361 e. The molecule has 190 valence electrons. The van der Waals surface area contributed by atoms with E-state index >= 15 is 0 Å². The van der Waals surface area contributed by atoms with E-state index in [9.17, 15) is 0 Å². The number of benzene rings is 6. The molecule has 0 atom stereocenters. The van der Waals surface area contributed by atoms with Gasteiger partial charge in [-0.05, 0) is 76.9 Å². The van der Waals surface area contributed by atoms with E-state index in [1.54, 1.807) is 0 Å². The van der Waals surface area contributed by atoms with Gasteiger partial charge in [0.1, 0.15) is 5.76 Å². The Morgan fingerprint density at radius 1 is 0.500 bits per heavy atom. The van der Waals surface area contributed by atoms with E-state index in [1.165, 1.54) is 65.7 Å². The molecule has 0 aliphatic heterocycles. The molecule has 6 aromatic carbocycles. The van der Waals surface area contributed by atoms with Crippen LogP contribution in [-0.2, 0) is 0 Å². The number of nitrogens with zero attached hydrogens (tertiary/aromatic N) is 2. The third-order valence-corrected chi connectivity index (χ3v) is 8.19. The van der Waals surface area contributed by atoms with E-state index in [2.05, 4.69) is 131 Å². The molecule has 0 radical (unpaired) electrons. The van der Waals surface area contributed by atoms with E-state index in [0.29, 0.717) is 0 Å². The van der Waals surface area contributed by atoms with Gasteiger partial charge in [0.25, 0.3) is 0 Å². The molecule has 2 aromatic heterocycles. The Labute approximate surface area is 231 Å². The van der Waals surface area contributed by atoms with Gasteiger partial charge in [-0.3, -0.25) is 0 Å². The van der Waals surface area contributed by atoms with Crippen LogP contribution in [0.4, 0.5) is 0 Å². The SMILES string of the molecule is Cc1noc(C)c1-c1c2ccccc2c(-c2ccc3c(c2)c2ccccc2n3-c2ccccc2)c2ccccc12. The van der Waals surface area contributed by atoms with Crippen LogP contribution in [0.25, 0.3) is 71.3 Å². The van der Waals surface area contributed by atoms with E-state index < -0.39 is 0 Å². The lowest BCUT2D eigenvalue weighted by Gasteiger charge is -2.17. The Morgan fingerprint density at radius 3 is 1.68 bits per heavy atom. The summed E-state index contributed by atoms with van der Waals surface area (Å²) >= 11 is 0. The number of hydrogen-bond donors (Lipinski definition) is 0. The highest BCUT2D eigenvalue weighted by atomic mass is 16.5. The van der Waals surface area contributed by atoms with Crippen molar-refractivity contribution in [1.82, 2.24) is 9.72 Å². The summed E-state index contributed by atoms with van der Waals surface area (Å²) in [6.45, 7) is 4.03. The quantitative estimate of drug-likeness (QED) is 0.220. The molecule has 0 aliphatic rings. The van der Waals surface area contributed by atoms with E-state index in [4.69, 9.17) is 4.52 Å². The molecular formula is C37H26N2O. The standard InChI is InChI=1S/C37H26N2O/c1-23-35(24(2)40-38-23)37-30-17-8-6-15-28(30)36(29-16-7-9-18-31(29)37)25-20-21-34-32(22-25)27-14-10-11-19-33(27)39(34)26-12-4-3-5-13-26/h3-22H,1-2H3. The van der Waals surface area contributed by atoms with Gasteiger partial charge in [0.05, 0.1) is 16.7 Å². The van der Waals surface area contributed by atoms with Crippen LogP contribution in [-0.4, -0.2) is 9.72 Å². The number of aromatic nitrogens is 2. The maximum absolute atomic E-state index is 5.64. The first-order valence-electron chi connectivity index (χ1n) is 13.7. The molecular weight excluding hydrogens is 488 g/mol. The predicted molar refractivity (Wildman–Crippen MR) is 166 cm³/mol. The first-order valence-corrected chi connectivity index (χ1v) is 13.7. The Bertz CT molecular complexity index is 2160. The molecule has 3 heteroatoms. The van der Waals surface area contributed by atoms with Crippen molar-refractivity contribution in [3.05, 3.63) is 133 Å². The Hall–Kier alpha value is -5.15. The summed E-state index contributed by atoms with van der Waals surface area (Å²) in [4.78, 5) is 0. The molecule has 0 fully saturated rings. The maximum Gasteiger partial charge on any atom is 0.141 e. The van der Waals surface area contributed by atoms with Gasteiger partial charge in [-0.1, -0.05) is 96.2 Å². The van der Waals surface area contributed by atoms with Gasteiger partial charge in [0, 0.05) is 27.6 Å². The van der Waals surface area contributed by atoms with Crippen molar-refractivity contribution in [2.45, 2.75) is 13.8 Å². The molecule has 2 heterocycles. The molecule has 0 unspecified atom stereocenters. The molecule has 0 bridgehead atoms. The Kier molecular flexibility index (Phi) is 4.95. The third-order valence-electron chi connectivity index (χ3n) is 8.19. The fourth-order valence-corrected chi connectivity index (χ4v) is 6.53. The topological polar surface area (TPSA) is 31.0 Å². The van der Waals surface area contributed by atoms with Crippen molar-refractivity contribution in [3.63, 3.8) is 0 Å². The lowest BCUT2D eigenvalue weighted by molar-refractivity contribution is 0.393. The number of rotatable bonds is 3. The van der Waals surface area contributed by atoms with Crippen LogP contribution in [0.15, 0.2) is 126 Å². The Balaban J connectivity index is 1.49. The molecule has 40 heavy (non-hydrogen) atoms. The lowest BCUT2D eigenvalue weighted by Crippen LogP contribution is -1.93. The second kappa shape index (κ2) is 8.69. The summed E-state index contributed by atoms with van der Waals surface area (Å²) in [7, 11) is 0. The summed E-state index contributed by atoms with van der Waals surface area (Å²) < 4.78 is 8.00. The highest BCUT2D eigenvalue weighted by Gasteiger charge is 2.22. The Morgan fingerprint density at radius 2 is 1.05 bits per heavy atom. The summed E-state index contributed by atoms with van der Waals surface area (Å²) in [5.74, 6) is 0.843. The normalized spacial score (nSPS) is 11.8. The first kappa shape index (κ1) is 22.8. The molecule has 0 N–H and O–H groups in total. The van der Waals surface area contributed by atoms with E-state index in [1.807, 2.05) is 13.8 Å². The minimum absolute atomic E-state index is 0.843. The van der Waals surface area contributed by atoms with Gasteiger partial charge in [0.2, 0.25) is 0 Å².